The standard InChI is InChI=1S/C13H20FN3O/c1-2-18-13-4-3-11(9-12(13)14)16-10-17-7-5-15-6-8-17/h3-4,9,15-16H,2,5-8,10H2,1H3. The highest BCUT2D eigenvalue weighted by Gasteiger charge is 2.09. The van der Waals surface area contributed by atoms with Gasteiger partial charge in [0, 0.05) is 37.9 Å². The molecule has 1 aliphatic rings. The number of hydrogen-bond donors (Lipinski definition) is 2. The summed E-state index contributed by atoms with van der Waals surface area (Å²) in [7, 11) is 0. The summed E-state index contributed by atoms with van der Waals surface area (Å²) in [5.41, 5.74) is 0.787. The Morgan fingerprint density at radius 3 is 2.83 bits per heavy atom. The van der Waals surface area contributed by atoms with E-state index in [1.165, 1.54) is 6.07 Å². The number of anilines is 1. The van der Waals surface area contributed by atoms with E-state index < -0.39 is 0 Å². The highest BCUT2D eigenvalue weighted by molar-refractivity contribution is 5.47. The summed E-state index contributed by atoms with van der Waals surface area (Å²) in [6, 6.07) is 4.99. The number of nitrogens with one attached hydrogen (secondary N) is 2. The third-order valence-electron chi connectivity index (χ3n) is 2.95. The van der Waals surface area contributed by atoms with Gasteiger partial charge in [0.25, 0.3) is 0 Å². The van der Waals surface area contributed by atoms with Crippen molar-refractivity contribution in [2.45, 2.75) is 6.92 Å². The second kappa shape index (κ2) is 6.56. The number of benzene rings is 1. The van der Waals surface area contributed by atoms with Gasteiger partial charge in [-0.2, -0.15) is 0 Å². The molecule has 2 rings (SSSR count). The molecular weight excluding hydrogens is 233 g/mol. The van der Waals surface area contributed by atoms with Gasteiger partial charge in [-0.1, -0.05) is 0 Å². The molecule has 18 heavy (non-hydrogen) atoms. The van der Waals surface area contributed by atoms with Gasteiger partial charge in [-0.15, -0.1) is 0 Å². The maximum Gasteiger partial charge on any atom is 0.167 e. The summed E-state index contributed by atoms with van der Waals surface area (Å²) in [6.45, 7) is 7.13. The quantitative estimate of drug-likeness (QED) is 0.834. The molecular formula is C13H20FN3O. The normalized spacial score (nSPS) is 16.6. The summed E-state index contributed by atoms with van der Waals surface area (Å²) in [5.74, 6) is -0.00705. The maximum absolute atomic E-state index is 13.6. The summed E-state index contributed by atoms with van der Waals surface area (Å²) in [4.78, 5) is 2.30. The molecule has 1 saturated heterocycles. The Morgan fingerprint density at radius 1 is 1.39 bits per heavy atom. The van der Waals surface area contributed by atoms with Crippen LogP contribution >= 0.6 is 0 Å². The third kappa shape index (κ3) is 3.58. The van der Waals surface area contributed by atoms with Gasteiger partial charge in [0.05, 0.1) is 13.3 Å². The van der Waals surface area contributed by atoms with Crippen LogP contribution in [0.3, 0.4) is 0 Å². The molecule has 0 aliphatic carbocycles. The second-order valence-electron chi connectivity index (χ2n) is 4.28. The molecule has 1 heterocycles. The minimum atomic E-state index is -0.317. The summed E-state index contributed by atoms with van der Waals surface area (Å²) in [6.07, 6.45) is 0. The molecule has 0 spiro atoms. The molecule has 0 atom stereocenters. The highest BCUT2D eigenvalue weighted by atomic mass is 19.1. The van der Waals surface area contributed by atoms with Crippen molar-refractivity contribution in [3.8, 4) is 5.75 Å². The van der Waals surface area contributed by atoms with Crippen LogP contribution in [0.4, 0.5) is 10.1 Å². The van der Waals surface area contributed by atoms with Gasteiger partial charge in [-0.25, -0.2) is 4.39 Å². The number of nitrogens with zero attached hydrogens (tertiary/aromatic N) is 1. The van der Waals surface area contributed by atoms with Gasteiger partial charge in [-0.3, -0.25) is 4.90 Å². The average Bonchev–Trinajstić information content (AvgIpc) is 2.41. The van der Waals surface area contributed by atoms with E-state index in [1.54, 1.807) is 6.07 Å². The van der Waals surface area contributed by atoms with Crippen LogP contribution in [0, 0.1) is 5.82 Å². The number of piperazine rings is 1. The molecule has 100 valence electrons. The number of rotatable bonds is 5. The first-order chi connectivity index (χ1) is 8.79. The van der Waals surface area contributed by atoms with E-state index in [0.717, 1.165) is 38.5 Å². The van der Waals surface area contributed by atoms with Crippen LogP contribution in [0.5, 0.6) is 5.75 Å². The van der Waals surface area contributed by atoms with Crippen LogP contribution in [0.1, 0.15) is 6.92 Å². The van der Waals surface area contributed by atoms with Crippen LogP contribution in [0.15, 0.2) is 18.2 Å². The van der Waals surface area contributed by atoms with Crippen molar-refractivity contribution in [3.05, 3.63) is 24.0 Å². The van der Waals surface area contributed by atoms with Gasteiger partial charge in [0.15, 0.2) is 11.6 Å². The summed E-state index contributed by atoms with van der Waals surface area (Å²) >= 11 is 0. The Kier molecular flexibility index (Phi) is 4.78. The molecule has 5 heteroatoms. The van der Waals surface area contributed by atoms with Gasteiger partial charge in [-0.05, 0) is 19.1 Å². The summed E-state index contributed by atoms with van der Waals surface area (Å²) in [5, 5.41) is 6.52. The molecule has 1 aromatic carbocycles. The van der Waals surface area contributed by atoms with E-state index >= 15 is 0 Å². The molecule has 1 aromatic rings. The zero-order valence-electron chi connectivity index (χ0n) is 10.7. The van der Waals surface area contributed by atoms with Gasteiger partial charge in [0.2, 0.25) is 0 Å². The number of hydrogen-bond acceptors (Lipinski definition) is 4. The Bertz CT molecular complexity index is 380. The zero-order valence-corrected chi connectivity index (χ0v) is 10.7. The Labute approximate surface area is 107 Å². The van der Waals surface area contributed by atoms with Crippen molar-refractivity contribution < 1.29 is 9.13 Å². The van der Waals surface area contributed by atoms with E-state index in [1.807, 2.05) is 13.0 Å². The smallest absolute Gasteiger partial charge is 0.167 e. The zero-order chi connectivity index (χ0) is 12.8. The lowest BCUT2D eigenvalue weighted by Crippen LogP contribution is -2.45. The SMILES string of the molecule is CCOc1ccc(NCN2CCNCC2)cc1F. The van der Waals surface area contributed by atoms with Crippen LogP contribution < -0.4 is 15.4 Å². The fraction of sp³-hybridized carbons (Fsp3) is 0.538. The van der Waals surface area contributed by atoms with E-state index in [4.69, 9.17) is 4.74 Å². The van der Waals surface area contributed by atoms with E-state index in [-0.39, 0.29) is 5.82 Å². The van der Waals surface area contributed by atoms with Gasteiger partial charge in [0.1, 0.15) is 0 Å². The average molecular weight is 253 g/mol. The van der Waals surface area contributed by atoms with Crippen molar-refractivity contribution in [1.29, 1.82) is 0 Å². The molecule has 0 saturated carbocycles. The molecule has 1 aliphatic heterocycles. The Morgan fingerprint density at radius 2 is 2.17 bits per heavy atom. The fourth-order valence-corrected chi connectivity index (χ4v) is 1.96. The Hall–Kier alpha value is -1.33. The lowest BCUT2D eigenvalue weighted by molar-refractivity contribution is 0.256. The first kappa shape index (κ1) is 13.1. The minimum Gasteiger partial charge on any atom is -0.491 e. The highest BCUT2D eigenvalue weighted by Crippen LogP contribution is 2.21. The lowest BCUT2D eigenvalue weighted by atomic mass is 10.3. The van der Waals surface area contributed by atoms with Crippen molar-refractivity contribution in [3.63, 3.8) is 0 Å². The van der Waals surface area contributed by atoms with Crippen molar-refractivity contribution >= 4 is 5.69 Å². The predicted molar refractivity (Wildman–Crippen MR) is 70.5 cm³/mol. The predicted octanol–water partition coefficient (Wildman–Crippen LogP) is 1.50. The van der Waals surface area contributed by atoms with Crippen LogP contribution in [0.2, 0.25) is 0 Å². The van der Waals surface area contributed by atoms with Crippen LogP contribution in [-0.2, 0) is 0 Å². The fourth-order valence-electron chi connectivity index (χ4n) is 1.96. The van der Waals surface area contributed by atoms with Gasteiger partial charge < -0.3 is 15.4 Å². The monoisotopic (exact) mass is 253 g/mol. The van der Waals surface area contributed by atoms with Crippen LogP contribution in [-0.4, -0.2) is 44.4 Å². The molecule has 0 aromatic heterocycles. The minimum absolute atomic E-state index is 0.310. The second-order valence-corrected chi connectivity index (χ2v) is 4.28. The first-order valence-electron chi connectivity index (χ1n) is 6.39. The molecule has 1 fully saturated rings. The van der Waals surface area contributed by atoms with Gasteiger partial charge >= 0.3 is 0 Å². The molecule has 0 bridgehead atoms. The van der Waals surface area contributed by atoms with Crippen molar-refractivity contribution in [1.82, 2.24) is 10.2 Å². The lowest BCUT2D eigenvalue weighted by Gasteiger charge is -2.27. The Balaban J connectivity index is 1.87. The maximum atomic E-state index is 13.6. The molecule has 0 unspecified atom stereocenters. The van der Waals surface area contributed by atoms with E-state index in [2.05, 4.69) is 15.5 Å². The number of ether oxygens (including phenoxy) is 1. The topological polar surface area (TPSA) is 36.5 Å². The van der Waals surface area contributed by atoms with E-state index in [9.17, 15) is 4.39 Å². The third-order valence-corrected chi connectivity index (χ3v) is 2.95. The van der Waals surface area contributed by atoms with Crippen molar-refractivity contribution in [2.24, 2.45) is 0 Å². The molecule has 2 N–H and O–H groups in total. The first-order valence-corrected chi connectivity index (χ1v) is 6.39. The largest absolute Gasteiger partial charge is 0.491 e. The molecule has 0 radical (unpaired) electrons. The summed E-state index contributed by atoms with van der Waals surface area (Å²) < 4.78 is 18.8. The molecule has 0 amide bonds. The van der Waals surface area contributed by atoms with Crippen molar-refractivity contribution in [2.75, 3.05) is 44.8 Å². The number of halogens is 1. The molecule has 4 nitrogen and oxygen atoms in total. The van der Waals surface area contributed by atoms with E-state index in [0.29, 0.717) is 12.4 Å². The van der Waals surface area contributed by atoms with Crippen LogP contribution in [0.25, 0.3) is 0 Å².